The van der Waals surface area contributed by atoms with Gasteiger partial charge in [-0.25, -0.2) is 18.9 Å². The van der Waals surface area contributed by atoms with E-state index in [1.165, 1.54) is 18.9 Å². The van der Waals surface area contributed by atoms with Crippen molar-refractivity contribution in [1.82, 2.24) is 34.8 Å². The molecule has 0 saturated heterocycles. The highest BCUT2D eigenvalue weighted by molar-refractivity contribution is 5.49. The van der Waals surface area contributed by atoms with E-state index in [-0.39, 0.29) is 12.0 Å². The Labute approximate surface area is 186 Å². The van der Waals surface area contributed by atoms with Gasteiger partial charge in [0.15, 0.2) is 11.5 Å². The summed E-state index contributed by atoms with van der Waals surface area (Å²) in [7, 11) is 0. The third-order valence-corrected chi connectivity index (χ3v) is 6.10. The molecule has 1 saturated carbocycles. The molecule has 1 atom stereocenters. The lowest BCUT2D eigenvalue weighted by Crippen LogP contribution is -2.29. The normalized spacial score (nSPS) is 18.7. The Bertz CT molecular complexity index is 1110. The van der Waals surface area contributed by atoms with Crippen LogP contribution in [0.25, 0.3) is 5.65 Å². The molecule has 32 heavy (non-hydrogen) atoms. The van der Waals surface area contributed by atoms with Gasteiger partial charge in [0, 0.05) is 24.2 Å². The minimum Gasteiger partial charge on any atom is -0.370 e. The fourth-order valence-corrected chi connectivity index (χ4v) is 4.50. The Kier molecular flexibility index (Phi) is 5.98. The van der Waals surface area contributed by atoms with Crippen molar-refractivity contribution < 1.29 is 9.13 Å². The third-order valence-electron chi connectivity index (χ3n) is 6.10. The highest BCUT2D eigenvalue weighted by atomic mass is 19.1. The number of aryl methyl sites for hydroxylation is 1. The van der Waals surface area contributed by atoms with Crippen molar-refractivity contribution in [3.8, 4) is 0 Å². The van der Waals surface area contributed by atoms with E-state index in [1.807, 2.05) is 17.3 Å². The molecule has 0 radical (unpaired) electrons. The molecule has 8 nitrogen and oxygen atoms in total. The molecule has 168 valence electrons. The molecule has 0 amide bonds. The second-order valence-electron chi connectivity index (χ2n) is 8.36. The summed E-state index contributed by atoms with van der Waals surface area (Å²) in [6.07, 6.45) is 13.5. The summed E-state index contributed by atoms with van der Waals surface area (Å²) in [6, 6.07) is 3.03. The number of rotatable bonds is 8. The number of hydrogen-bond donors (Lipinski definition) is 1. The van der Waals surface area contributed by atoms with E-state index >= 15 is 0 Å². The summed E-state index contributed by atoms with van der Waals surface area (Å²) in [6.45, 7) is 3.07. The van der Waals surface area contributed by atoms with Gasteiger partial charge in [-0.05, 0) is 31.4 Å². The largest absolute Gasteiger partial charge is 0.370 e. The number of pyridine rings is 1. The van der Waals surface area contributed by atoms with Crippen LogP contribution in [0.4, 0.5) is 4.39 Å². The molecule has 1 fully saturated rings. The highest BCUT2D eigenvalue weighted by Gasteiger charge is 2.26. The van der Waals surface area contributed by atoms with Crippen LogP contribution in [0.15, 0.2) is 37.1 Å². The molecule has 0 aromatic carbocycles. The molecule has 5 rings (SSSR count). The fraction of sp³-hybridized carbons (Fsp3) is 0.478. The van der Waals surface area contributed by atoms with Crippen molar-refractivity contribution in [3.63, 3.8) is 0 Å². The summed E-state index contributed by atoms with van der Waals surface area (Å²) >= 11 is 0. The molecule has 1 aliphatic heterocycles. The number of aromatic nitrogens is 5. The molecule has 0 bridgehead atoms. The van der Waals surface area contributed by atoms with Gasteiger partial charge in [0.1, 0.15) is 30.6 Å². The number of hydrogen-bond acceptors (Lipinski definition) is 7. The summed E-state index contributed by atoms with van der Waals surface area (Å²) < 4.78 is 22.1. The van der Waals surface area contributed by atoms with Gasteiger partial charge in [0.2, 0.25) is 0 Å². The Morgan fingerprint density at radius 1 is 1.25 bits per heavy atom. The first-order valence-corrected chi connectivity index (χ1v) is 11.4. The van der Waals surface area contributed by atoms with Gasteiger partial charge in [0.05, 0.1) is 18.3 Å². The first kappa shape index (κ1) is 20.8. The lowest BCUT2D eigenvalue weighted by molar-refractivity contribution is 0.0418. The monoisotopic (exact) mass is 437 g/mol. The first-order chi connectivity index (χ1) is 15.7. The maximum Gasteiger partial charge on any atom is 0.177 e. The van der Waals surface area contributed by atoms with E-state index in [2.05, 4.69) is 22.3 Å². The van der Waals surface area contributed by atoms with Crippen molar-refractivity contribution in [1.29, 1.82) is 0 Å². The Hall–Kier alpha value is -3.07. The molecule has 3 aromatic heterocycles. The van der Waals surface area contributed by atoms with Crippen molar-refractivity contribution in [2.24, 2.45) is 0 Å². The second-order valence-corrected chi connectivity index (χ2v) is 8.36. The van der Waals surface area contributed by atoms with E-state index < -0.39 is 0 Å². The van der Waals surface area contributed by atoms with Crippen LogP contribution in [-0.4, -0.2) is 35.6 Å². The van der Waals surface area contributed by atoms with Crippen LogP contribution in [0.3, 0.4) is 0 Å². The van der Waals surface area contributed by atoms with Gasteiger partial charge in [-0.15, -0.1) is 5.10 Å². The zero-order chi connectivity index (χ0) is 21.9. The molecule has 2 aliphatic rings. The first-order valence-electron chi connectivity index (χ1n) is 11.4. The summed E-state index contributed by atoms with van der Waals surface area (Å²) in [5, 5.41) is 7.77. The molecule has 4 heterocycles. The van der Waals surface area contributed by atoms with Crippen LogP contribution in [-0.2, 0) is 24.3 Å². The summed E-state index contributed by atoms with van der Waals surface area (Å²) in [4.78, 5) is 15.7. The van der Waals surface area contributed by atoms with Gasteiger partial charge in [-0.2, -0.15) is 0 Å². The topological polar surface area (TPSA) is 80.5 Å². The van der Waals surface area contributed by atoms with Gasteiger partial charge >= 0.3 is 0 Å². The summed E-state index contributed by atoms with van der Waals surface area (Å²) in [5.74, 6) is 0.352. The lowest BCUT2D eigenvalue weighted by atomic mass is 10.1. The van der Waals surface area contributed by atoms with Gasteiger partial charge in [-0.3, -0.25) is 4.98 Å². The minimum absolute atomic E-state index is 0.323. The number of halogens is 1. The lowest BCUT2D eigenvalue weighted by Gasteiger charge is -2.25. The molecule has 3 aromatic rings. The van der Waals surface area contributed by atoms with E-state index in [9.17, 15) is 4.39 Å². The number of ether oxygens (including phenoxy) is 1. The van der Waals surface area contributed by atoms with Crippen LogP contribution < -0.4 is 5.32 Å². The van der Waals surface area contributed by atoms with E-state index in [0.29, 0.717) is 30.8 Å². The van der Waals surface area contributed by atoms with E-state index in [4.69, 9.17) is 14.7 Å². The molecule has 1 aliphatic carbocycles. The van der Waals surface area contributed by atoms with E-state index in [1.54, 1.807) is 23.1 Å². The molecule has 1 N–H and O–H groups in total. The van der Waals surface area contributed by atoms with E-state index in [0.717, 1.165) is 42.6 Å². The second kappa shape index (κ2) is 9.20. The van der Waals surface area contributed by atoms with Gasteiger partial charge < -0.3 is 15.0 Å². The smallest absolute Gasteiger partial charge is 0.177 e. The Morgan fingerprint density at radius 3 is 2.94 bits per heavy atom. The van der Waals surface area contributed by atoms with Crippen LogP contribution in [0.5, 0.6) is 0 Å². The van der Waals surface area contributed by atoms with Crippen LogP contribution in [0, 0.1) is 5.82 Å². The molecule has 9 heteroatoms. The van der Waals surface area contributed by atoms with Crippen molar-refractivity contribution in [2.45, 2.75) is 70.9 Å². The van der Waals surface area contributed by atoms with Crippen molar-refractivity contribution in [3.05, 3.63) is 65.6 Å². The van der Waals surface area contributed by atoms with Crippen molar-refractivity contribution in [2.75, 3.05) is 0 Å². The number of nitrogens with zero attached hydrogens (tertiary/aromatic N) is 6. The molecule has 1 unspecified atom stereocenters. The fourth-order valence-electron chi connectivity index (χ4n) is 4.50. The average molecular weight is 438 g/mol. The predicted molar refractivity (Wildman–Crippen MR) is 117 cm³/mol. The van der Waals surface area contributed by atoms with Gasteiger partial charge in [-0.1, -0.05) is 26.2 Å². The van der Waals surface area contributed by atoms with Crippen LogP contribution in [0.1, 0.15) is 68.0 Å². The predicted octanol–water partition coefficient (Wildman–Crippen LogP) is 3.65. The average Bonchev–Trinajstić information content (AvgIpc) is 3.55. The SMILES string of the molecule is CCCc1c(CN2C=CNC2c2ncccc2F)ncn2nc(COC3CCCC3)nc12. The summed E-state index contributed by atoms with van der Waals surface area (Å²) in [5.41, 5.74) is 3.16. The highest BCUT2D eigenvalue weighted by Crippen LogP contribution is 2.27. The zero-order valence-electron chi connectivity index (χ0n) is 18.2. The third kappa shape index (κ3) is 4.17. The molecular weight excluding hydrogens is 409 g/mol. The Morgan fingerprint density at radius 2 is 2.12 bits per heavy atom. The number of nitrogens with one attached hydrogen (secondary N) is 1. The van der Waals surface area contributed by atoms with Crippen molar-refractivity contribution >= 4 is 5.65 Å². The van der Waals surface area contributed by atoms with Gasteiger partial charge in [0.25, 0.3) is 0 Å². The molecule has 0 spiro atoms. The zero-order valence-corrected chi connectivity index (χ0v) is 18.2. The maximum atomic E-state index is 14.3. The van der Waals surface area contributed by atoms with Crippen LogP contribution in [0.2, 0.25) is 0 Å². The Balaban J connectivity index is 1.39. The standard InChI is InChI=1S/C23H28FN7O/c1-2-6-17-19(13-30-12-11-26-23(30)21-18(24)9-5-10-25-21)27-15-31-22(17)28-20(29-31)14-32-16-7-3-4-8-16/h5,9-12,15-16,23,26H,2-4,6-8,13-14H2,1H3. The van der Waals surface area contributed by atoms with Crippen LogP contribution >= 0.6 is 0 Å². The minimum atomic E-state index is -0.378. The number of fused-ring (bicyclic) bond motifs is 1. The maximum absolute atomic E-state index is 14.3. The molecular formula is C23H28FN7O. The quantitative estimate of drug-likeness (QED) is 0.576.